The fraction of sp³-hybridized carbons (Fsp3) is 0.650. The molecule has 15 atom stereocenters. The van der Waals surface area contributed by atoms with E-state index in [1.807, 2.05) is 0 Å². The zero-order valence-corrected chi connectivity index (χ0v) is 45.5. The molecule has 0 bridgehead atoms. The third kappa shape index (κ3) is 8.86. The molecule has 6 aliphatic rings. The third-order valence-electron chi connectivity index (χ3n) is 20.8. The van der Waals surface area contributed by atoms with Gasteiger partial charge >= 0.3 is 5.97 Å². The van der Waals surface area contributed by atoms with Crippen LogP contribution in [0.15, 0.2) is 103 Å². The highest BCUT2D eigenvalue weighted by Crippen LogP contribution is 2.78. The number of aliphatic hydroxyl groups excluding tert-OH is 4. The molecule has 1 heterocycles. The Labute approximate surface area is 430 Å². The predicted molar refractivity (Wildman–Crippen MR) is 277 cm³/mol. The van der Waals surface area contributed by atoms with E-state index in [2.05, 4.69) is 139 Å². The highest BCUT2D eigenvalue weighted by Gasteiger charge is 2.72. The number of hydrogen-bond donors (Lipinski definition) is 4. The van der Waals surface area contributed by atoms with Crippen LogP contribution in [0.4, 0.5) is 0 Å². The van der Waals surface area contributed by atoms with E-state index >= 15 is 0 Å². The van der Waals surface area contributed by atoms with Gasteiger partial charge in [-0.3, -0.25) is 4.79 Å². The lowest BCUT2D eigenvalue weighted by Gasteiger charge is -2.73. The van der Waals surface area contributed by atoms with Gasteiger partial charge in [0.15, 0.2) is 6.29 Å². The van der Waals surface area contributed by atoms with E-state index in [0.717, 1.165) is 96.1 Å². The summed E-state index contributed by atoms with van der Waals surface area (Å²) >= 11 is 0. The van der Waals surface area contributed by atoms with Crippen molar-refractivity contribution in [3.8, 4) is 0 Å². The van der Waals surface area contributed by atoms with Crippen LogP contribution in [0.2, 0.25) is 0 Å². The first-order valence-electron chi connectivity index (χ1n) is 26.8. The molecular weight excluding hydrogens is 960 g/mol. The molecule has 0 radical (unpaired) electrons. The maximum atomic E-state index is 14.9. The predicted octanol–water partition coefficient (Wildman–Crippen LogP) is 6.93. The molecule has 4 N–H and O–H groups in total. The molecule has 0 unspecified atom stereocenters. The van der Waals surface area contributed by atoms with Crippen molar-refractivity contribution in [3.05, 3.63) is 103 Å². The second kappa shape index (κ2) is 21.0. The van der Waals surface area contributed by atoms with Crippen molar-refractivity contribution >= 4 is 29.1 Å². The van der Waals surface area contributed by atoms with E-state index < -0.39 is 50.0 Å². The molecule has 384 valence electrons. The van der Waals surface area contributed by atoms with Crippen LogP contribution in [-0.4, -0.2) is 82.6 Å². The van der Waals surface area contributed by atoms with Crippen LogP contribution in [0.5, 0.6) is 0 Å². The number of rotatable bonds is 15. The first-order valence-corrected chi connectivity index (χ1v) is 28.8. The smallest absolute Gasteiger partial charge is 0.312 e. The van der Waals surface area contributed by atoms with Crippen LogP contribution in [0.1, 0.15) is 131 Å². The topological polar surface area (TPSA) is 126 Å². The number of ether oxygens (including phenoxy) is 3. The SMILES string of the molecule is C=C(C)[C@@H]1CC[C@]2(C(=O)OCCCCCC[P+](c3ccccc3)(c3ccccc3)c3ccccc3)CC[C@]3(C)[C@H](CC[C@@H]4[C@@]5(C)CC[C@H](O[C@@H]6O[C@H](CO)[C@@H](O)[C@H](O)[C@H]6O)C(C)(C)[C@@H]5CC[C@]43C)[C@@H]12.[Br-]. The number of allylic oxidation sites excluding steroid dienone is 1. The van der Waals surface area contributed by atoms with E-state index in [9.17, 15) is 25.2 Å². The van der Waals surface area contributed by atoms with Crippen LogP contribution in [0.3, 0.4) is 0 Å². The van der Waals surface area contributed by atoms with E-state index in [1.165, 1.54) is 21.5 Å². The Balaban J connectivity index is 0.00000659. The number of hydrogen-bond acceptors (Lipinski definition) is 8. The van der Waals surface area contributed by atoms with Gasteiger partial charge in [-0.1, -0.05) is 101 Å². The largest absolute Gasteiger partial charge is 1.00 e. The number of halogens is 1. The standard InChI is InChI=1S/C60H84O8P.BrH/c1-40(2)44-29-34-60(55(65)66-37-19-8-9-20-38-69(41-21-13-10-14-22-41,42-23-15-11-16-24-42)43-25-17-12-18-26-43)36-35-58(6)45(50(44)60)27-28-48-57(5)32-31-49(56(3,4)47(57)30-33-59(48,58)7)68-54-53(64)52(63)51(62)46(39-61)67-54;/h10-18,21-26,44-54,61-64H,1,8-9,19-20,27-39H2,2-7H3;1H/q+1;/p-1/t44-,45+,46+,47-,48+,49-,50+,51+,52-,53+,54-,57-,58+,59+,60-;/m0./s1. The van der Waals surface area contributed by atoms with Crippen LogP contribution in [-0.2, 0) is 19.0 Å². The number of carbonyl (C=O) groups excluding carboxylic acids is 1. The fourth-order valence-electron chi connectivity index (χ4n) is 17.1. The number of carbonyl (C=O) groups is 1. The molecule has 0 aromatic heterocycles. The minimum Gasteiger partial charge on any atom is -1.00 e. The van der Waals surface area contributed by atoms with Gasteiger partial charge in [-0.15, -0.1) is 0 Å². The van der Waals surface area contributed by atoms with Gasteiger partial charge in [0.25, 0.3) is 0 Å². The van der Waals surface area contributed by atoms with Gasteiger partial charge in [0.05, 0.1) is 30.9 Å². The summed E-state index contributed by atoms with van der Waals surface area (Å²) in [7, 11) is -1.87. The summed E-state index contributed by atoms with van der Waals surface area (Å²) in [5.41, 5.74) is 0.770. The Morgan fingerprint density at radius 1 is 0.686 bits per heavy atom. The molecule has 5 aliphatic carbocycles. The lowest BCUT2D eigenvalue weighted by atomic mass is 9.32. The first kappa shape index (κ1) is 53.8. The van der Waals surface area contributed by atoms with Crippen molar-refractivity contribution in [2.24, 2.45) is 56.7 Å². The molecule has 0 amide bonds. The summed E-state index contributed by atoms with van der Waals surface area (Å²) in [6.07, 6.45) is 8.71. The minimum absolute atomic E-state index is 0. The molecule has 6 fully saturated rings. The summed E-state index contributed by atoms with van der Waals surface area (Å²) in [6, 6.07) is 33.4. The Bertz CT molecular complexity index is 2150. The second-order valence-electron chi connectivity index (χ2n) is 24.1. The van der Waals surface area contributed by atoms with Gasteiger partial charge < -0.3 is 51.6 Å². The lowest BCUT2D eigenvalue weighted by Crippen LogP contribution is -3.00. The van der Waals surface area contributed by atoms with Crippen LogP contribution in [0.25, 0.3) is 0 Å². The molecule has 10 heteroatoms. The molecule has 70 heavy (non-hydrogen) atoms. The molecule has 0 spiro atoms. The number of esters is 1. The maximum Gasteiger partial charge on any atom is 0.312 e. The van der Waals surface area contributed by atoms with Crippen molar-refractivity contribution in [2.45, 2.75) is 168 Å². The number of benzene rings is 3. The average molecular weight is 1040 g/mol. The van der Waals surface area contributed by atoms with E-state index in [4.69, 9.17) is 14.2 Å². The van der Waals surface area contributed by atoms with Crippen molar-refractivity contribution < 1.29 is 56.4 Å². The summed E-state index contributed by atoms with van der Waals surface area (Å²) < 4.78 is 18.9. The molecule has 3 aromatic rings. The van der Waals surface area contributed by atoms with Crippen LogP contribution < -0.4 is 32.9 Å². The van der Waals surface area contributed by atoms with E-state index in [-0.39, 0.29) is 56.6 Å². The van der Waals surface area contributed by atoms with Crippen LogP contribution in [0, 0.1) is 56.7 Å². The average Bonchev–Trinajstić information content (AvgIpc) is 3.76. The second-order valence-corrected chi connectivity index (χ2v) is 27.7. The zero-order chi connectivity index (χ0) is 49.0. The van der Waals surface area contributed by atoms with Gasteiger partial charge in [-0.05, 0) is 184 Å². The van der Waals surface area contributed by atoms with Crippen LogP contribution >= 0.6 is 7.26 Å². The van der Waals surface area contributed by atoms with Crippen molar-refractivity contribution in [1.29, 1.82) is 0 Å². The molecular formula is C60H84BrO8P. The molecule has 9 rings (SSSR count). The lowest BCUT2D eigenvalue weighted by molar-refractivity contribution is -0.331. The highest BCUT2D eigenvalue weighted by molar-refractivity contribution is 7.95. The summed E-state index contributed by atoms with van der Waals surface area (Å²) in [5, 5.41) is 46.1. The Morgan fingerprint density at radius 2 is 1.29 bits per heavy atom. The monoisotopic (exact) mass is 1040 g/mol. The van der Waals surface area contributed by atoms with Gasteiger partial charge in [-0.2, -0.15) is 0 Å². The van der Waals surface area contributed by atoms with E-state index in [1.54, 1.807) is 0 Å². The molecule has 1 aliphatic heterocycles. The van der Waals surface area contributed by atoms with Crippen molar-refractivity contribution in [3.63, 3.8) is 0 Å². The highest BCUT2D eigenvalue weighted by atomic mass is 79.9. The number of fused-ring (bicyclic) bond motifs is 7. The van der Waals surface area contributed by atoms with Crippen molar-refractivity contribution in [1.82, 2.24) is 0 Å². The Morgan fingerprint density at radius 3 is 1.87 bits per heavy atom. The molecule has 1 saturated heterocycles. The Kier molecular flexibility index (Phi) is 16.2. The first-order chi connectivity index (χ1) is 33.0. The molecule has 8 nitrogen and oxygen atoms in total. The van der Waals surface area contributed by atoms with E-state index in [0.29, 0.717) is 30.3 Å². The quantitative estimate of drug-likeness (QED) is 0.0425. The zero-order valence-electron chi connectivity index (χ0n) is 43.0. The third-order valence-corrected chi connectivity index (χ3v) is 25.3. The summed E-state index contributed by atoms with van der Waals surface area (Å²) in [5.74, 6) is 1.94. The van der Waals surface area contributed by atoms with Crippen molar-refractivity contribution in [2.75, 3.05) is 19.4 Å². The Hall–Kier alpha value is -2.46. The fourth-order valence-corrected chi connectivity index (χ4v) is 21.5. The van der Waals surface area contributed by atoms with Gasteiger partial charge in [0, 0.05) is 0 Å². The maximum absolute atomic E-state index is 14.9. The summed E-state index contributed by atoms with van der Waals surface area (Å²) in [4.78, 5) is 14.9. The number of unbranched alkanes of at least 4 members (excludes halogenated alkanes) is 3. The summed E-state index contributed by atoms with van der Waals surface area (Å²) in [6.45, 7) is 19.2. The normalized spacial score (nSPS) is 38.7. The van der Waals surface area contributed by atoms with Gasteiger partial charge in [0.1, 0.15) is 47.6 Å². The number of aliphatic hydroxyl groups is 4. The minimum atomic E-state index is -1.87. The molecule has 5 saturated carbocycles. The van der Waals surface area contributed by atoms with Gasteiger partial charge in [0.2, 0.25) is 0 Å². The molecule has 3 aromatic carbocycles. The van der Waals surface area contributed by atoms with Gasteiger partial charge in [-0.25, -0.2) is 0 Å².